The van der Waals surface area contributed by atoms with Gasteiger partial charge in [-0.3, -0.25) is 9.97 Å². The molecule has 0 aliphatic heterocycles. The maximum Gasteiger partial charge on any atom is 0.0708 e. The van der Waals surface area contributed by atoms with Crippen LogP contribution in [0.2, 0.25) is 0 Å². The fraction of sp³-hybridized carbons (Fsp3) is 0.0455. The van der Waals surface area contributed by atoms with Crippen molar-refractivity contribution < 1.29 is 20.1 Å². The van der Waals surface area contributed by atoms with E-state index >= 15 is 0 Å². The second-order valence-corrected chi connectivity index (χ2v) is 11.5. The Morgan fingerprint density at radius 2 is 1.20 bits per heavy atom. The monoisotopic (exact) mass is 809 g/mol. The van der Waals surface area contributed by atoms with Gasteiger partial charge in [0.05, 0.1) is 5.69 Å². The van der Waals surface area contributed by atoms with E-state index in [1.807, 2.05) is 97.7 Å². The number of pyridine rings is 4. The fourth-order valence-corrected chi connectivity index (χ4v) is 5.91. The summed E-state index contributed by atoms with van der Waals surface area (Å²) in [4.78, 5) is 18.1. The molecule has 4 aromatic carbocycles. The van der Waals surface area contributed by atoms with Crippen molar-refractivity contribution in [2.75, 3.05) is 0 Å². The predicted octanol–water partition coefficient (Wildman–Crippen LogP) is 10.7. The molecule has 4 aromatic heterocycles. The van der Waals surface area contributed by atoms with Crippen molar-refractivity contribution >= 4 is 10.8 Å². The van der Waals surface area contributed by atoms with Gasteiger partial charge in [-0.2, -0.15) is 0 Å². The van der Waals surface area contributed by atoms with Crippen molar-refractivity contribution in [2.24, 2.45) is 0 Å². The third-order valence-corrected chi connectivity index (χ3v) is 8.18. The van der Waals surface area contributed by atoms with Crippen LogP contribution in [0, 0.1) is 26.0 Å². The van der Waals surface area contributed by atoms with Crippen LogP contribution >= 0.6 is 0 Å². The number of nitrogens with zero attached hydrogens (tertiary/aromatic N) is 4. The topological polar surface area (TPSA) is 51.6 Å². The minimum absolute atomic E-state index is 0. The van der Waals surface area contributed by atoms with Gasteiger partial charge in [0.15, 0.2) is 0 Å². The third-order valence-electron chi connectivity index (χ3n) is 8.18. The molecule has 0 saturated carbocycles. The van der Waals surface area contributed by atoms with Gasteiger partial charge in [0, 0.05) is 62.0 Å². The molecule has 1 radical (unpaired) electrons. The summed E-state index contributed by atoms with van der Waals surface area (Å²) in [5.41, 5.74) is 12.9. The Morgan fingerprint density at radius 3 is 1.94 bits per heavy atom. The summed E-state index contributed by atoms with van der Waals surface area (Å²) >= 11 is 0. The van der Waals surface area contributed by atoms with Gasteiger partial charge in [0.1, 0.15) is 0 Å². The Bertz CT molecular complexity index is 2310. The molecule has 0 saturated heterocycles. The minimum Gasteiger partial charge on any atom is -0.305 e. The van der Waals surface area contributed by atoms with Crippen molar-refractivity contribution in [2.45, 2.75) is 13.8 Å². The average Bonchev–Trinajstić information content (AvgIpc) is 3.15. The number of benzene rings is 4. The first-order valence-electron chi connectivity index (χ1n) is 15.9. The minimum atomic E-state index is 0. The van der Waals surface area contributed by atoms with Crippen LogP contribution in [0.5, 0.6) is 0 Å². The van der Waals surface area contributed by atoms with Crippen LogP contribution in [0.3, 0.4) is 0 Å². The average molecular weight is 809 g/mol. The first-order chi connectivity index (χ1) is 23.7. The van der Waals surface area contributed by atoms with Crippen LogP contribution in [0.1, 0.15) is 11.1 Å². The second kappa shape index (κ2) is 15.5. The van der Waals surface area contributed by atoms with E-state index in [-0.39, 0.29) is 20.1 Å². The van der Waals surface area contributed by atoms with Gasteiger partial charge in [-0.05, 0) is 66.5 Å². The van der Waals surface area contributed by atoms with Crippen molar-refractivity contribution in [1.29, 1.82) is 0 Å². The number of hydrogen-bond donors (Lipinski definition) is 0. The predicted molar refractivity (Wildman–Crippen MR) is 196 cm³/mol. The van der Waals surface area contributed by atoms with Crippen LogP contribution in [-0.2, 0) is 20.1 Å². The van der Waals surface area contributed by atoms with Gasteiger partial charge >= 0.3 is 0 Å². The number of rotatable bonds is 5. The summed E-state index contributed by atoms with van der Waals surface area (Å²) in [6.45, 7) is 4.15. The van der Waals surface area contributed by atoms with Crippen LogP contribution in [0.4, 0.5) is 0 Å². The second-order valence-electron chi connectivity index (χ2n) is 11.5. The van der Waals surface area contributed by atoms with E-state index in [1.54, 1.807) is 0 Å². The molecule has 0 atom stereocenters. The SMILES string of the molecule is Cc1ccnc(-c2[c-]ccc(-c3ccc(-c4ccccn4)c4ccncc34)c2-c2ccccc2)c1.Cc1ccnc(-c2[c-]cccc2)c1.[Ir]. The summed E-state index contributed by atoms with van der Waals surface area (Å²) in [6, 6.07) is 49.7. The number of fused-ring (bicyclic) bond motifs is 1. The Balaban J connectivity index is 0.000000250. The van der Waals surface area contributed by atoms with Gasteiger partial charge in [0.2, 0.25) is 0 Å². The molecule has 49 heavy (non-hydrogen) atoms. The van der Waals surface area contributed by atoms with E-state index in [4.69, 9.17) is 4.98 Å². The Hall–Kier alpha value is -5.61. The van der Waals surface area contributed by atoms with Crippen molar-refractivity contribution in [3.05, 3.63) is 182 Å². The van der Waals surface area contributed by atoms with Crippen molar-refractivity contribution in [1.82, 2.24) is 19.9 Å². The van der Waals surface area contributed by atoms with Gasteiger partial charge in [-0.25, -0.2) is 0 Å². The zero-order valence-corrected chi connectivity index (χ0v) is 29.5. The smallest absolute Gasteiger partial charge is 0.0708 e. The molecule has 0 amide bonds. The summed E-state index contributed by atoms with van der Waals surface area (Å²) in [5, 5.41) is 2.21. The van der Waals surface area contributed by atoms with E-state index in [0.29, 0.717) is 0 Å². The summed E-state index contributed by atoms with van der Waals surface area (Å²) < 4.78 is 0. The van der Waals surface area contributed by atoms with E-state index < -0.39 is 0 Å². The van der Waals surface area contributed by atoms with Crippen LogP contribution in [0.25, 0.3) is 66.8 Å². The molecular weight excluding hydrogens is 777 g/mol. The van der Waals surface area contributed by atoms with Crippen molar-refractivity contribution in [3.63, 3.8) is 0 Å². The van der Waals surface area contributed by atoms with Gasteiger partial charge in [-0.15, -0.1) is 59.7 Å². The molecule has 5 heteroatoms. The molecule has 8 rings (SSSR count). The summed E-state index contributed by atoms with van der Waals surface area (Å²) in [5.74, 6) is 0. The quantitative estimate of drug-likeness (QED) is 0.163. The Kier molecular flexibility index (Phi) is 10.6. The van der Waals surface area contributed by atoms with E-state index in [2.05, 4.69) is 102 Å². The first-order valence-corrected chi connectivity index (χ1v) is 15.9. The fourth-order valence-electron chi connectivity index (χ4n) is 5.91. The van der Waals surface area contributed by atoms with Gasteiger partial charge in [-0.1, -0.05) is 88.5 Å². The summed E-state index contributed by atoms with van der Waals surface area (Å²) in [6.07, 6.45) is 9.31. The zero-order chi connectivity index (χ0) is 32.7. The maximum atomic E-state index is 4.70. The molecule has 0 aliphatic carbocycles. The maximum absolute atomic E-state index is 4.70. The number of hydrogen-bond acceptors (Lipinski definition) is 4. The number of aromatic nitrogens is 4. The van der Waals surface area contributed by atoms with Gasteiger partial charge < -0.3 is 9.97 Å². The first kappa shape index (κ1) is 33.3. The van der Waals surface area contributed by atoms with Crippen molar-refractivity contribution in [3.8, 4) is 56.0 Å². The van der Waals surface area contributed by atoms with E-state index in [9.17, 15) is 0 Å². The van der Waals surface area contributed by atoms with E-state index in [1.165, 1.54) is 11.1 Å². The standard InChI is InChI=1S/C32H22N3.C12H10N.Ir/c1-22-15-19-35-31(20-22)28-11-7-10-27(32(28)23-8-3-2-4-9-23)24-13-14-26(30-12-5-6-17-34-30)25-16-18-33-21-29(24)25;1-10-7-8-13-12(9-10)11-5-3-2-4-6-11;/h2-10,12-21H,1H3;2-5,7-9H,1H3;/q2*-1;. The third kappa shape index (κ3) is 7.44. The Labute approximate surface area is 301 Å². The van der Waals surface area contributed by atoms with Crippen LogP contribution in [-0.4, -0.2) is 19.9 Å². The molecule has 4 nitrogen and oxygen atoms in total. The summed E-state index contributed by atoms with van der Waals surface area (Å²) in [7, 11) is 0. The molecule has 0 N–H and O–H groups in total. The van der Waals surface area contributed by atoms with Crippen LogP contribution < -0.4 is 0 Å². The molecule has 8 aromatic rings. The van der Waals surface area contributed by atoms with E-state index in [0.717, 1.165) is 66.8 Å². The molecule has 0 fully saturated rings. The molecular formula is C44H32IrN4-2. The largest absolute Gasteiger partial charge is 0.305 e. The van der Waals surface area contributed by atoms with Crippen LogP contribution in [0.15, 0.2) is 158 Å². The molecule has 4 heterocycles. The van der Waals surface area contributed by atoms with Gasteiger partial charge in [0.25, 0.3) is 0 Å². The molecule has 0 aliphatic rings. The Morgan fingerprint density at radius 1 is 0.490 bits per heavy atom. The molecule has 0 unspecified atom stereocenters. The molecule has 0 bridgehead atoms. The molecule has 0 spiro atoms. The zero-order valence-electron chi connectivity index (χ0n) is 27.1. The number of aryl methyl sites for hydroxylation is 2. The normalized spacial score (nSPS) is 10.5. The molecule has 239 valence electrons.